The van der Waals surface area contributed by atoms with Gasteiger partial charge in [-0.05, 0) is 38.9 Å². The van der Waals surface area contributed by atoms with Crippen molar-refractivity contribution in [3.63, 3.8) is 0 Å². The first-order valence-corrected chi connectivity index (χ1v) is 11.0. The summed E-state index contributed by atoms with van der Waals surface area (Å²) >= 11 is 6.57. The molecule has 2 saturated heterocycles. The Bertz CT molecular complexity index is 1050. The Labute approximate surface area is 181 Å². The fraction of sp³-hybridized carbons (Fsp3) is 0.500. The van der Waals surface area contributed by atoms with E-state index in [1.807, 2.05) is 31.2 Å². The number of aryl methyl sites for hydroxylation is 1. The molecule has 158 valence electrons. The average molecular weight is 427 g/mol. The molecule has 0 spiro atoms. The molecule has 2 aromatic heterocycles. The number of nitrogens with zero attached hydrogens (tertiary/aromatic N) is 6. The van der Waals surface area contributed by atoms with Crippen LogP contribution < -0.4 is 4.90 Å². The van der Waals surface area contributed by atoms with Crippen molar-refractivity contribution in [1.82, 2.24) is 24.4 Å². The van der Waals surface area contributed by atoms with E-state index < -0.39 is 0 Å². The fourth-order valence-corrected chi connectivity index (χ4v) is 4.56. The Morgan fingerprint density at radius 2 is 1.90 bits per heavy atom. The van der Waals surface area contributed by atoms with Crippen LogP contribution in [0.3, 0.4) is 0 Å². The summed E-state index contributed by atoms with van der Waals surface area (Å²) in [6.07, 6.45) is 2.32. The lowest BCUT2D eigenvalue weighted by Gasteiger charge is -2.33. The highest BCUT2D eigenvalue weighted by molar-refractivity contribution is 6.33. The van der Waals surface area contributed by atoms with E-state index in [1.54, 1.807) is 0 Å². The number of anilines is 1. The van der Waals surface area contributed by atoms with Gasteiger partial charge in [0, 0.05) is 38.3 Å². The van der Waals surface area contributed by atoms with Crippen LogP contribution in [0.1, 0.15) is 18.7 Å². The SMILES string of the molecule is Cc1nc(N2CCN(C)CC2)c2nc(-c3ccccc3Cl)n(C[C@H]3CCCO3)c2n1. The monoisotopic (exact) mass is 426 g/mol. The Morgan fingerprint density at radius 3 is 2.63 bits per heavy atom. The molecule has 7 nitrogen and oxygen atoms in total. The van der Waals surface area contributed by atoms with Gasteiger partial charge in [0.2, 0.25) is 0 Å². The van der Waals surface area contributed by atoms with Gasteiger partial charge in [0.05, 0.1) is 17.7 Å². The highest BCUT2D eigenvalue weighted by Crippen LogP contribution is 2.34. The van der Waals surface area contributed by atoms with Crippen LogP contribution in [0.4, 0.5) is 5.82 Å². The molecule has 0 aliphatic carbocycles. The third kappa shape index (κ3) is 3.66. The first-order valence-electron chi connectivity index (χ1n) is 10.6. The van der Waals surface area contributed by atoms with Crippen molar-refractivity contribution in [2.75, 3.05) is 44.7 Å². The van der Waals surface area contributed by atoms with E-state index in [2.05, 4.69) is 21.4 Å². The minimum atomic E-state index is 0.172. The fourth-order valence-electron chi connectivity index (χ4n) is 4.34. The van der Waals surface area contributed by atoms with Gasteiger partial charge in [0.1, 0.15) is 11.6 Å². The van der Waals surface area contributed by atoms with Crippen molar-refractivity contribution in [2.24, 2.45) is 0 Å². The third-order valence-electron chi connectivity index (χ3n) is 6.02. The summed E-state index contributed by atoms with van der Waals surface area (Å²) in [7, 11) is 2.16. The summed E-state index contributed by atoms with van der Waals surface area (Å²) in [5.74, 6) is 2.52. The second-order valence-electron chi connectivity index (χ2n) is 8.22. The number of fused-ring (bicyclic) bond motifs is 1. The van der Waals surface area contributed by atoms with Gasteiger partial charge in [-0.25, -0.2) is 15.0 Å². The molecule has 1 atom stereocenters. The highest BCUT2D eigenvalue weighted by Gasteiger charge is 2.26. The maximum absolute atomic E-state index is 6.57. The second-order valence-corrected chi connectivity index (χ2v) is 8.63. The molecule has 0 unspecified atom stereocenters. The van der Waals surface area contributed by atoms with Gasteiger partial charge in [-0.15, -0.1) is 0 Å². The molecule has 8 heteroatoms. The Balaban J connectivity index is 1.67. The lowest BCUT2D eigenvalue weighted by Crippen LogP contribution is -2.45. The molecule has 0 saturated carbocycles. The maximum atomic E-state index is 6.57. The van der Waals surface area contributed by atoms with Crippen molar-refractivity contribution >= 4 is 28.6 Å². The normalized spacial score (nSPS) is 20.4. The van der Waals surface area contributed by atoms with E-state index in [0.717, 1.165) is 86.4 Å². The molecule has 2 aliphatic heterocycles. The molecule has 4 heterocycles. The summed E-state index contributed by atoms with van der Waals surface area (Å²) in [6.45, 7) is 7.38. The zero-order valence-corrected chi connectivity index (χ0v) is 18.3. The first-order chi connectivity index (χ1) is 14.6. The van der Waals surface area contributed by atoms with Crippen LogP contribution in [0.25, 0.3) is 22.6 Å². The minimum absolute atomic E-state index is 0.172. The summed E-state index contributed by atoms with van der Waals surface area (Å²) in [6, 6.07) is 7.87. The standard InChI is InChI=1S/C22H27ClN6O/c1-15-24-21(28-11-9-27(2)10-12-28)19-22(25-15)29(14-16-6-5-13-30-16)20(26-19)17-7-3-4-8-18(17)23/h3-4,7-8,16H,5-6,9-14H2,1-2H3/t16-/m1/s1. The number of rotatable bonds is 4. The molecule has 0 N–H and O–H groups in total. The van der Waals surface area contributed by atoms with E-state index in [0.29, 0.717) is 5.02 Å². The van der Waals surface area contributed by atoms with E-state index >= 15 is 0 Å². The van der Waals surface area contributed by atoms with Gasteiger partial charge < -0.3 is 19.1 Å². The van der Waals surface area contributed by atoms with Crippen molar-refractivity contribution < 1.29 is 4.74 Å². The van der Waals surface area contributed by atoms with Gasteiger partial charge >= 0.3 is 0 Å². The molecule has 2 fully saturated rings. The lowest BCUT2D eigenvalue weighted by atomic mass is 10.2. The number of hydrogen-bond acceptors (Lipinski definition) is 6. The highest BCUT2D eigenvalue weighted by atomic mass is 35.5. The minimum Gasteiger partial charge on any atom is -0.376 e. The number of halogens is 1. The van der Waals surface area contributed by atoms with Crippen LogP contribution in [0, 0.1) is 6.92 Å². The van der Waals surface area contributed by atoms with Gasteiger partial charge in [-0.3, -0.25) is 0 Å². The van der Waals surface area contributed by atoms with Crippen LogP contribution in [-0.4, -0.2) is 70.4 Å². The van der Waals surface area contributed by atoms with Crippen LogP contribution >= 0.6 is 11.6 Å². The number of likely N-dealkylation sites (N-methyl/N-ethyl adjacent to an activating group) is 1. The predicted molar refractivity (Wildman–Crippen MR) is 119 cm³/mol. The van der Waals surface area contributed by atoms with Gasteiger partial charge in [0.15, 0.2) is 17.0 Å². The number of ether oxygens (including phenoxy) is 1. The molecule has 0 amide bonds. The Morgan fingerprint density at radius 1 is 1.10 bits per heavy atom. The van der Waals surface area contributed by atoms with Gasteiger partial charge in [-0.2, -0.15) is 0 Å². The zero-order chi connectivity index (χ0) is 20.7. The molecular weight excluding hydrogens is 400 g/mol. The Kier molecular flexibility index (Phi) is 5.35. The van der Waals surface area contributed by atoms with Crippen molar-refractivity contribution in [3.8, 4) is 11.4 Å². The smallest absolute Gasteiger partial charge is 0.166 e. The van der Waals surface area contributed by atoms with Crippen molar-refractivity contribution in [1.29, 1.82) is 0 Å². The van der Waals surface area contributed by atoms with Gasteiger partial charge in [-0.1, -0.05) is 23.7 Å². The molecule has 2 aliphatic rings. The number of piperazine rings is 1. The number of aromatic nitrogens is 4. The summed E-state index contributed by atoms with van der Waals surface area (Å²) in [5.41, 5.74) is 2.62. The molecule has 3 aromatic rings. The summed E-state index contributed by atoms with van der Waals surface area (Å²) in [5, 5.41) is 0.687. The van der Waals surface area contributed by atoms with Crippen LogP contribution in [0.2, 0.25) is 5.02 Å². The molecule has 5 rings (SSSR count). The molecule has 1 aromatic carbocycles. The predicted octanol–water partition coefficient (Wildman–Crippen LogP) is 3.39. The van der Waals surface area contributed by atoms with Crippen molar-refractivity contribution in [3.05, 3.63) is 35.1 Å². The number of hydrogen-bond donors (Lipinski definition) is 0. The van der Waals surface area contributed by atoms with Gasteiger partial charge in [0.25, 0.3) is 0 Å². The average Bonchev–Trinajstić information content (AvgIpc) is 3.37. The maximum Gasteiger partial charge on any atom is 0.166 e. The van der Waals surface area contributed by atoms with E-state index in [9.17, 15) is 0 Å². The Hall–Kier alpha value is -2.22. The van der Waals surface area contributed by atoms with Crippen LogP contribution in [-0.2, 0) is 11.3 Å². The molecule has 30 heavy (non-hydrogen) atoms. The summed E-state index contributed by atoms with van der Waals surface area (Å²) in [4.78, 5) is 19.4. The first kappa shape index (κ1) is 19.7. The molecule has 0 bridgehead atoms. The molecule has 0 radical (unpaired) electrons. The second kappa shape index (κ2) is 8.13. The van der Waals surface area contributed by atoms with E-state index in [-0.39, 0.29) is 6.10 Å². The lowest BCUT2D eigenvalue weighted by molar-refractivity contribution is 0.0981. The third-order valence-corrected chi connectivity index (χ3v) is 6.35. The quantitative estimate of drug-likeness (QED) is 0.637. The number of benzene rings is 1. The van der Waals surface area contributed by atoms with E-state index in [4.69, 9.17) is 31.3 Å². The van der Waals surface area contributed by atoms with Crippen LogP contribution in [0.5, 0.6) is 0 Å². The van der Waals surface area contributed by atoms with Crippen molar-refractivity contribution in [2.45, 2.75) is 32.4 Å². The summed E-state index contributed by atoms with van der Waals surface area (Å²) < 4.78 is 8.13. The number of imidazole rings is 1. The topological polar surface area (TPSA) is 59.3 Å². The van der Waals surface area contributed by atoms with Crippen LogP contribution in [0.15, 0.2) is 24.3 Å². The van der Waals surface area contributed by atoms with E-state index in [1.165, 1.54) is 0 Å². The largest absolute Gasteiger partial charge is 0.376 e. The molecular formula is C22H27ClN6O. The zero-order valence-electron chi connectivity index (χ0n) is 17.5.